The zero-order valence-electron chi connectivity index (χ0n) is 12.8. The van der Waals surface area contributed by atoms with Crippen molar-refractivity contribution in [2.24, 2.45) is 5.92 Å². The van der Waals surface area contributed by atoms with Gasteiger partial charge >= 0.3 is 5.97 Å². The summed E-state index contributed by atoms with van der Waals surface area (Å²) in [5.74, 6) is -1.31. The monoisotopic (exact) mass is 293 g/mol. The van der Waals surface area contributed by atoms with Crippen LogP contribution in [0.2, 0.25) is 0 Å². The second kappa shape index (κ2) is 7.03. The van der Waals surface area contributed by atoms with Crippen molar-refractivity contribution in [1.29, 1.82) is 0 Å². The van der Waals surface area contributed by atoms with Gasteiger partial charge in [0, 0.05) is 17.6 Å². The Morgan fingerprint density at radius 1 is 1.29 bits per heavy atom. The highest BCUT2D eigenvalue weighted by Gasteiger charge is 2.34. The summed E-state index contributed by atoms with van der Waals surface area (Å²) >= 11 is 0. The lowest BCUT2D eigenvalue weighted by Crippen LogP contribution is -2.42. The molecule has 0 amide bonds. The van der Waals surface area contributed by atoms with Crippen LogP contribution in [0.5, 0.6) is 0 Å². The van der Waals surface area contributed by atoms with Crippen LogP contribution in [0.3, 0.4) is 0 Å². The topological polar surface area (TPSA) is 40.5 Å². The highest BCUT2D eigenvalue weighted by molar-refractivity contribution is 5.71. The molecule has 0 radical (unpaired) electrons. The Balaban J connectivity index is 2.21. The number of benzene rings is 1. The maximum Gasteiger partial charge on any atom is 0.308 e. The first-order valence-electron chi connectivity index (χ1n) is 7.71. The van der Waals surface area contributed by atoms with Gasteiger partial charge in [0.1, 0.15) is 5.82 Å². The predicted molar refractivity (Wildman–Crippen MR) is 80.6 cm³/mol. The molecule has 1 saturated carbocycles. The lowest BCUT2D eigenvalue weighted by Gasteiger charge is -2.36. The van der Waals surface area contributed by atoms with Gasteiger partial charge in [-0.25, -0.2) is 4.39 Å². The molecule has 0 aromatic heterocycles. The summed E-state index contributed by atoms with van der Waals surface area (Å²) in [5.41, 5.74) is 0.633. The maximum atomic E-state index is 14.0. The molecule has 116 valence electrons. The van der Waals surface area contributed by atoms with Crippen molar-refractivity contribution in [3.63, 3.8) is 0 Å². The summed E-state index contributed by atoms with van der Waals surface area (Å²) in [6.45, 7) is 1.95. The third kappa shape index (κ3) is 3.62. The van der Waals surface area contributed by atoms with Crippen molar-refractivity contribution in [1.82, 2.24) is 4.90 Å². The van der Waals surface area contributed by atoms with E-state index >= 15 is 0 Å². The fraction of sp³-hybridized carbons (Fsp3) is 0.588. The van der Waals surface area contributed by atoms with E-state index in [-0.39, 0.29) is 23.8 Å². The van der Waals surface area contributed by atoms with Crippen LogP contribution in [0.4, 0.5) is 4.39 Å². The molecule has 21 heavy (non-hydrogen) atoms. The maximum absolute atomic E-state index is 14.0. The molecule has 2 rings (SSSR count). The summed E-state index contributed by atoms with van der Waals surface area (Å²) in [6.07, 6.45) is 4.68. The zero-order valence-corrected chi connectivity index (χ0v) is 12.8. The van der Waals surface area contributed by atoms with Gasteiger partial charge in [-0.2, -0.15) is 0 Å². The van der Waals surface area contributed by atoms with Crippen molar-refractivity contribution < 1.29 is 14.3 Å². The number of nitrogens with zero attached hydrogens (tertiary/aromatic N) is 1. The Kier molecular flexibility index (Phi) is 5.34. The minimum atomic E-state index is -0.727. The Morgan fingerprint density at radius 3 is 2.62 bits per heavy atom. The van der Waals surface area contributed by atoms with Gasteiger partial charge in [-0.1, -0.05) is 37.5 Å². The molecular weight excluding hydrogens is 269 g/mol. The van der Waals surface area contributed by atoms with Crippen LogP contribution in [0.15, 0.2) is 24.3 Å². The van der Waals surface area contributed by atoms with E-state index in [0.717, 1.165) is 25.7 Å². The molecule has 0 aliphatic heterocycles. The standard InChI is InChI=1S/C17H24FNO2/c1-12(13-8-6-7-10-15(13)18)19(2)16-11-5-3-4-9-14(16)17(20)21/h6-8,10,12,14,16H,3-5,9,11H2,1-2H3,(H,20,21). The average Bonchev–Trinajstić information content (AvgIpc) is 2.72. The quantitative estimate of drug-likeness (QED) is 0.857. The lowest BCUT2D eigenvalue weighted by atomic mass is 9.91. The molecule has 0 bridgehead atoms. The van der Waals surface area contributed by atoms with Gasteiger partial charge in [-0.05, 0) is 32.9 Å². The molecular formula is C17H24FNO2. The largest absolute Gasteiger partial charge is 0.481 e. The van der Waals surface area contributed by atoms with Gasteiger partial charge in [0.2, 0.25) is 0 Å². The fourth-order valence-electron chi connectivity index (χ4n) is 3.38. The number of carbonyl (C=O) groups is 1. The summed E-state index contributed by atoms with van der Waals surface area (Å²) in [4.78, 5) is 13.6. The molecule has 3 nitrogen and oxygen atoms in total. The van der Waals surface area contributed by atoms with E-state index in [1.807, 2.05) is 24.9 Å². The van der Waals surface area contributed by atoms with Gasteiger partial charge in [0.15, 0.2) is 0 Å². The van der Waals surface area contributed by atoms with Crippen molar-refractivity contribution in [3.05, 3.63) is 35.6 Å². The second-order valence-corrected chi connectivity index (χ2v) is 6.01. The van der Waals surface area contributed by atoms with Crippen LogP contribution in [-0.2, 0) is 4.79 Å². The van der Waals surface area contributed by atoms with Crippen LogP contribution in [-0.4, -0.2) is 29.1 Å². The molecule has 1 aromatic carbocycles. The summed E-state index contributed by atoms with van der Waals surface area (Å²) in [5, 5.41) is 9.49. The van der Waals surface area contributed by atoms with Crippen LogP contribution in [0, 0.1) is 11.7 Å². The smallest absolute Gasteiger partial charge is 0.308 e. The predicted octanol–water partition coefficient (Wildman–Crippen LogP) is 3.85. The third-order valence-electron chi connectivity index (χ3n) is 4.79. The molecule has 3 unspecified atom stereocenters. The first-order valence-corrected chi connectivity index (χ1v) is 7.71. The molecule has 3 atom stereocenters. The van der Waals surface area contributed by atoms with Crippen LogP contribution in [0.25, 0.3) is 0 Å². The van der Waals surface area contributed by atoms with E-state index in [1.165, 1.54) is 6.07 Å². The fourth-order valence-corrected chi connectivity index (χ4v) is 3.38. The average molecular weight is 293 g/mol. The highest BCUT2D eigenvalue weighted by Crippen LogP contribution is 2.32. The Bertz CT molecular complexity index is 491. The number of carboxylic acids is 1. The van der Waals surface area contributed by atoms with E-state index in [1.54, 1.807) is 12.1 Å². The van der Waals surface area contributed by atoms with Crippen molar-refractivity contribution >= 4 is 5.97 Å². The van der Waals surface area contributed by atoms with Gasteiger partial charge in [0.05, 0.1) is 5.92 Å². The van der Waals surface area contributed by atoms with E-state index in [0.29, 0.717) is 12.0 Å². The van der Waals surface area contributed by atoms with Crippen molar-refractivity contribution in [3.8, 4) is 0 Å². The summed E-state index contributed by atoms with van der Waals surface area (Å²) in [7, 11) is 1.92. The molecule has 0 heterocycles. The van der Waals surface area contributed by atoms with Gasteiger partial charge in [-0.15, -0.1) is 0 Å². The normalized spacial score (nSPS) is 24.6. The zero-order chi connectivity index (χ0) is 15.4. The van der Waals surface area contributed by atoms with Crippen molar-refractivity contribution in [2.75, 3.05) is 7.05 Å². The minimum Gasteiger partial charge on any atom is -0.481 e. The molecule has 1 aliphatic carbocycles. The van der Waals surface area contributed by atoms with Crippen LogP contribution >= 0.6 is 0 Å². The SMILES string of the molecule is CC(c1ccccc1F)N(C)C1CCCCCC1C(=O)O. The Morgan fingerprint density at radius 2 is 1.95 bits per heavy atom. The molecule has 0 saturated heterocycles. The minimum absolute atomic E-state index is 0.0281. The molecule has 1 fully saturated rings. The lowest BCUT2D eigenvalue weighted by molar-refractivity contribution is -0.144. The Hall–Kier alpha value is -1.42. The van der Waals surface area contributed by atoms with E-state index in [2.05, 4.69) is 0 Å². The number of halogens is 1. The molecule has 1 N–H and O–H groups in total. The highest BCUT2D eigenvalue weighted by atomic mass is 19.1. The molecule has 1 aromatic rings. The first-order chi connectivity index (χ1) is 10.0. The first kappa shape index (κ1) is 16.0. The van der Waals surface area contributed by atoms with Crippen LogP contribution in [0.1, 0.15) is 50.6 Å². The number of carboxylic acid groups (broad SMARTS) is 1. The number of hydrogen-bond donors (Lipinski definition) is 1. The van der Waals surface area contributed by atoms with Gasteiger partial charge in [0.25, 0.3) is 0 Å². The van der Waals surface area contributed by atoms with E-state index in [4.69, 9.17) is 0 Å². The van der Waals surface area contributed by atoms with Crippen molar-refractivity contribution in [2.45, 2.75) is 51.1 Å². The second-order valence-electron chi connectivity index (χ2n) is 6.01. The van der Waals surface area contributed by atoms with Crippen LogP contribution < -0.4 is 0 Å². The summed E-state index contributed by atoms with van der Waals surface area (Å²) in [6, 6.07) is 6.59. The summed E-state index contributed by atoms with van der Waals surface area (Å²) < 4.78 is 14.0. The van der Waals surface area contributed by atoms with Gasteiger partial charge < -0.3 is 5.11 Å². The van der Waals surface area contributed by atoms with E-state index < -0.39 is 5.97 Å². The number of aliphatic carboxylic acids is 1. The molecule has 4 heteroatoms. The number of rotatable bonds is 4. The number of hydrogen-bond acceptors (Lipinski definition) is 2. The van der Waals surface area contributed by atoms with E-state index in [9.17, 15) is 14.3 Å². The van der Waals surface area contributed by atoms with Gasteiger partial charge in [-0.3, -0.25) is 9.69 Å². The molecule has 0 spiro atoms. The Labute approximate surface area is 125 Å². The third-order valence-corrected chi connectivity index (χ3v) is 4.79. The molecule has 1 aliphatic rings.